The highest BCUT2D eigenvalue weighted by molar-refractivity contribution is 9.10. The van der Waals surface area contributed by atoms with Crippen LogP contribution in [0.1, 0.15) is 16.7 Å². The molecule has 0 aliphatic carbocycles. The average Bonchev–Trinajstić information content (AvgIpc) is 2.36. The summed E-state index contributed by atoms with van der Waals surface area (Å²) in [6, 6.07) is 13.2. The Morgan fingerprint density at radius 3 is 2.33 bits per heavy atom. The highest BCUT2D eigenvalue weighted by Gasteiger charge is 2.04. The molecule has 0 saturated carbocycles. The van der Waals surface area contributed by atoms with Crippen LogP contribution >= 0.6 is 15.9 Å². The van der Waals surface area contributed by atoms with Gasteiger partial charge in [0.25, 0.3) is 0 Å². The Hall–Kier alpha value is -1.79. The maximum absolute atomic E-state index is 8.84. The highest BCUT2D eigenvalue weighted by atomic mass is 79.9. The van der Waals surface area contributed by atoms with Crippen LogP contribution in [0.3, 0.4) is 0 Å². The summed E-state index contributed by atoms with van der Waals surface area (Å²) in [4.78, 5) is 0. The van der Waals surface area contributed by atoms with Gasteiger partial charge in [-0.15, -0.1) is 0 Å². The van der Waals surface area contributed by atoms with E-state index in [-0.39, 0.29) is 0 Å². The Bertz CT molecular complexity index is 606. The summed E-state index contributed by atoms with van der Waals surface area (Å²) in [5.41, 5.74) is 2.85. The zero-order valence-corrected chi connectivity index (χ0v) is 11.8. The van der Waals surface area contributed by atoms with E-state index >= 15 is 0 Å². The van der Waals surface area contributed by atoms with E-state index in [1.54, 1.807) is 12.1 Å². The molecule has 0 radical (unpaired) electrons. The number of aryl methyl sites for hydroxylation is 2. The van der Waals surface area contributed by atoms with Gasteiger partial charge >= 0.3 is 0 Å². The molecule has 2 aromatic carbocycles. The maximum Gasteiger partial charge on any atom is 0.128 e. The molecule has 0 heterocycles. The molecule has 0 aliphatic rings. The summed E-state index contributed by atoms with van der Waals surface area (Å²) in [5, 5.41) is 8.84. The van der Waals surface area contributed by atoms with Crippen LogP contribution in [0.4, 0.5) is 0 Å². The third-order valence-electron chi connectivity index (χ3n) is 2.61. The molecule has 0 N–H and O–H groups in total. The Balaban J connectivity index is 2.32. The molecule has 0 aromatic heterocycles. The van der Waals surface area contributed by atoms with Gasteiger partial charge in [-0.25, -0.2) is 0 Å². The minimum atomic E-state index is 0.595. The van der Waals surface area contributed by atoms with Gasteiger partial charge in [-0.1, -0.05) is 22.0 Å². The molecule has 18 heavy (non-hydrogen) atoms. The molecule has 90 valence electrons. The number of hydrogen-bond acceptors (Lipinski definition) is 2. The molecule has 2 rings (SSSR count). The third-order valence-corrected chi connectivity index (χ3v) is 3.86. The SMILES string of the molecule is Cc1cc(Oc2cccc(C#N)c2)cc(C)c1Br. The molecule has 2 aromatic rings. The van der Waals surface area contributed by atoms with E-state index < -0.39 is 0 Å². The summed E-state index contributed by atoms with van der Waals surface area (Å²) < 4.78 is 6.86. The lowest BCUT2D eigenvalue weighted by Crippen LogP contribution is -1.89. The van der Waals surface area contributed by atoms with Crippen LogP contribution in [-0.4, -0.2) is 0 Å². The van der Waals surface area contributed by atoms with E-state index in [9.17, 15) is 0 Å². The van der Waals surface area contributed by atoms with E-state index in [4.69, 9.17) is 10.00 Å². The van der Waals surface area contributed by atoms with Crippen molar-refractivity contribution in [3.8, 4) is 17.6 Å². The first-order valence-electron chi connectivity index (χ1n) is 5.55. The monoisotopic (exact) mass is 301 g/mol. The predicted molar refractivity (Wildman–Crippen MR) is 74.8 cm³/mol. The second-order valence-electron chi connectivity index (χ2n) is 4.11. The number of nitriles is 1. The third kappa shape index (κ3) is 2.72. The summed E-state index contributed by atoms with van der Waals surface area (Å²) in [6.45, 7) is 4.05. The highest BCUT2D eigenvalue weighted by Crippen LogP contribution is 2.29. The van der Waals surface area contributed by atoms with E-state index in [1.807, 2.05) is 38.1 Å². The number of rotatable bonds is 2. The van der Waals surface area contributed by atoms with Crippen molar-refractivity contribution in [3.63, 3.8) is 0 Å². The summed E-state index contributed by atoms with van der Waals surface area (Å²) in [5.74, 6) is 1.46. The Labute approximate surface area is 115 Å². The topological polar surface area (TPSA) is 33.0 Å². The van der Waals surface area contributed by atoms with Gasteiger partial charge in [-0.3, -0.25) is 0 Å². The smallest absolute Gasteiger partial charge is 0.128 e. The van der Waals surface area contributed by atoms with Crippen LogP contribution in [0.15, 0.2) is 40.9 Å². The largest absolute Gasteiger partial charge is 0.457 e. The fraction of sp³-hybridized carbons (Fsp3) is 0.133. The maximum atomic E-state index is 8.84. The quantitative estimate of drug-likeness (QED) is 0.803. The van der Waals surface area contributed by atoms with Gasteiger partial charge in [-0.05, 0) is 55.3 Å². The first-order valence-corrected chi connectivity index (χ1v) is 6.34. The summed E-state index contributed by atoms with van der Waals surface area (Å²) >= 11 is 3.52. The zero-order valence-electron chi connectivity index (χ0n) is 10.2. The van der Waals surface area contributed by atoms with Gasteiger partial charge in [0.15, 0.2) is 0 Å². The van der Waals surface area contributed by atoms with E-state index in [1.165, 1.54) is 0 Å². The molecule has 0 bridgehead atoms. The van der Waals surface area contributed by atoms with Gasteiger partial charge in [0.2, 0.25) is 0 Å². The van der Waals surface area contributed by atoms with Gasteiger partial charge in [-0.2, -0.15) is 5.26 Å². The summed E-state index contributed by atoms with van der Waals surface area (Å²) in [6.07, 6.45) is 0. The number of halogens is 1. The van der Waals surface area contributed by atoms with Crippen LogP contribution in [0.25, 0.3) is 0 Å². The molecule has 0 saturated heterocycles. The van der Waals surface area contributed by atoms with Crippen molar-refractivity contribution >= 4 is 15.9 Å². The van der Waals surface area contributed by atoms with E-state index in [2.05, 4.69) is 22.0 Å². The number of nitrogens with zero attached hydrogens (tertiary/aromatic N) is 1. The van der Waals surface area contributed by atoms with Crippen molar-refractivity contribution < 1.29 is 4.74 Å². The van der Waals surface area contributed by atoms with Crippen molar-refractivity contribution in [2.75, 3.05) is 0 Å². The fourth-order valence-corrected chi connectivity index (χ4v) is 1.96. The first kappa shape index (κ1) is 12.7. The summed E-state index contributed by atoms with van der Waals surface area (Å²) in [7, 11) is 0. The van der Waals surface area contributed by atoms with Gasteiger partial charge in [0.05, 0.1) is 11.6 Å². The normalized spacial score (nSPS) is 9.89. The Morgan fingerprint density at radius 1 is 1.06 bits per heavy atom. The zero-order chi connectivity index (χ0) is 13.1. The lowest BCUT2D eigenvalue weighted by molar-refractivity contribution is 0.481. The lowest BCUT2D eigenvalue weighted by Gasteiger charge is -2.09. The van der Waals surface area contributed by atoms with Crippen LogP contribution in [-0.2, 0) is 0 Å². The van der Waals surface area contributed by atoms with Crippen molar-refractivity contribution in [1.29, 1.82) is 5.26 Å². The van der Waals surface area contributed by atoms with Gasteiger partial charge < -0.3 is 4.74 Å². The van der Waals surface area contributed by atoms with Crippen LogP contribution in [0, 0.1) is 25.2 Å². The Kier molecular flexibility index (Phi) is 3.69. The van der Waals surface area contributed by atoms with Crippen molar-refractivity contribution in [2.24, 2.45) is 0 Å². The number of hydrogen-bond donors (Lipinski definition) is 0. The number of ether oxygens (including phenoxy) is 1. The van der Waals surface area contributed by atoms with Crippen molar-refractivity contribution in [3.05, 3.63) is 57.6 Å². The fourth-order valence-electron chi connectivity index (χ4n) is 1.73. The second kappa shape index (κ2) is 5.24. The van der Waals surface area contributed by atoms with Crippen LogP contribution < -0.4 is 4.74 Å². The molecule has 0 fully saturated rings. The lowest BCUT2D eigenvalue weighted by atomic mass is 10.1. The molecule has 0 aliphatic heterocycles. The van der Waals surface area contributed by atoms with Gasteiger partial charge in [0, 0.05) is 4.47 Å². The standard InChI is InChI=1S/C15H12BrNO/c1-10-6-14(7-11(2)15(10)16)18-13-5-3-4-12(8-13)9-17/h3-8H,1-2H3. The molecule has 0 unspecified atom stereocenters. The predicted octanol–water partition coefficient (Wildman–Crippen LogP) is 4.73. The molecule has 0 atom stereocenters. The molecular formula is C15H12BrNO. The first-order chi connectivity index (χ1) is 8.60. The van der Waals surface area contributed by atoms with E-state index in [0.29, 0.717) is 11.3 Å². The van der Waals surface area contributed by atoms with E-state index in [0.717, 1.165) is 21.3 Å². The number of benzene rings is 2. The average molecular weight is 302 g/mol. The van der Waals surface area contributed by atoms with Gasteiger partial charge in [0.1, 0.15) is 11.5 Å². The van der Waals surface area contributed by atoms with Crippen LogP contribution in [0.5, 0.6) is 11.5 Å². The Morgan fingerprint density at radius 2 is 1.72 bits per heavy atom. The minimum Gasteiger partial charge on any atom is -0.457 e. The molecule has 2 nitrogen and oxygen atoms in total. The van der Waals surface area contributed by atoms with Crippen molar-refractivity contribution in [1.82, 2.24) is 0 Å². The van der Waals surface area contributed by atoms with Crippen molar-refractivity contribution in [2.45, 2.75) is 13.8 Å². The molecule has 3 heteroatoms. The minimum absolute atomic E-state index is 0.595. The van der Waals surface area contributed by atoms with Crippen LogP contribution in [0.2, 0.25) is 0 Å². The molecule has 0 spiro atoms. The molecule has 0 amide bonds. The second-order valence-corrected chi connectivity index (χ2v) is 4.91. The molecular weight excluding hydrogens is 290 g/mol.